The molecule has 3 aliphatic rings. The summed E-state index contributed by atoms with van der Waals surface area (Å²) in [5.74, 6) is -0.0156. The normalized spacial score (nSPS) is 41.7. The van der Waals surface area contributed by atoms with Crippen molar-refractivity contribution in [2.45, 2.75) is 30.9 Å². The topological polar surface area (TPSA) is 97.4 Å². The van der Waals surface area contributed by atoms with E-state index in [-0.39, 0.29) is 23.5 Å². The molecule has 0 aromatic carbocycles. The molecule has 3 fully saturated rings. The standard InChI is InChI=1S/C11H17NO5S2/c1-18(14,15)12-19(16,17)11-9-5-8(10(11)13)6-3-2-4-7(6)9/h6-9,11-12H,2-5H2,1H3. The van der Waals surface area contributed by atoms with Crippen LogP contribution in [0.2, 0.25) is 0 Å². The second-order valence-electron chi connectivity index (χ2n) is 5.99. The SMILES string of the molecule is CS(=O)(=O)NS(=O)(=O)C1C(=O)C2CC1C1CCCC21. The highest BCUT2D eigenvalue weighted by atomic mass is 32.3. The molecule has 0 radical (unpaired) electrons. The minimum absolute atomic E-state index is 0.168. The summed E-state index contributed by atoms with van der Waals surface area (Å²) in [6, 6.07) is 0. The molecule has 19 heavy (non-hydrogen) atoms. The molecule has 0 heterocycles. The van der Waals surface area contributed by atoms with Crippen LogP contribution >= 0.6 is 0 Å². The summed E-state index contributed by atoms with van der Waals surface area (Å²) in [6.07, 6.45) is 4.42. The van der Waals surface area contributed by atoms with Crippen LogP contribution in [0.3, 0.4) is 0 Å². The summed E-state index contributed by atoms with van der Waals surface area (Å²) in [4.78, 5) is 12.2. The second-order valence-corrected chi connectivity index (χ2v) is 9.80. The number of hydrogen-bond donors (Lipinski definition) is 1. The summed E-state index contributed by atoms with van der Waals surface area (Å²) >= 11 is 0. The molecule has 108 valence electrons. The van der Waals surface area contributed by atoms with Crippen LogP contribution in [0.5, 0.6) is 0 Å². The van der Waals surface area contributed by atoms with Crippen molar-refractivity contribution in [2.75, 3.05) is 6.26 Å². The summed E-state index contributed by atoms with van der Waals surface area (Å²) in [5.41, 5.74) is 0. The van der Waals surface area contributed by atoms with Crippen LogP contribution in [0, 0.1) is 23.7 Å². The number of sulfonamides is 2. The summed E-state index contributed by atoms with van der Waals surface area (Å²) in [5, 5.41) is -1.16. The lowest BCUT2D eigenvalue weighted by Gasteiger charge is -2.29. The molecule has 3 rings (SSSR count). The minimum atomic E-state index is -4.12. The van der Waals surface area contributed by atoms with Gasteiger partial charge in [-0.05, 0) is 37.0 Å². The van der Waals surface area contributed by atoms with E-state index in [1.807, 2.05) is 0 Å². The quantitative estimate of drug-likeness (QED) is 0.783. The van der Waals surface area contributed by atoms with Gasteiger partial charge in [0.2, 0.25) is 20.0 Å². The molecule has 0 saturated heterocycles. The third-order valence-electron chi connectivity index (χ3n) is 4.85. The molecule has 8 heteroatoms. The van der Waals surface area contributed by atoms with Crippen LogP contribution < -0.4 is 4.13 Å². The molecule has 0 amide bonds. The van der Waals surface area contributed by atoms with Gasteiger partial charge < -0.3 is 0 Å². The number of Topliss-reactive ketones (excluding diaryl/α,β-unsaturated/α-hetero) is 1. The number of fused-ring (bicyclic) bond motifs is 5. The highest BCUT2D eigenvalue weighted by Gasteiger charge is 2.62. The highest BCUT2D eigenvalue weighted by Crippen LogP contribution is 2.58. The molecule has 2 bridgehead atoms. The number of carbonyl (C=O) groups is 1. The van der Waals surface area contributed by atoms with E-state index >= 15 is 0 Å². The van der Waals surface area contributed by atoms with E-state index in [1.54, 1.807) is 4.13 Å². The van der Waals surface area contributed by atoms with E-state index in [2.05, 4.69) is 0 Å². The van der Waals surface area contributed by atoms with Crippen molar-refractivity contribution in [3.63, 3.8) is 0 Å². The van der Waals surface area contributed by atoms with E-state index in [0.29, 0.717) is 12.3 Å². The Kier molecular flexibility index (Phi) is 2.86. The first-order valence-electron chi connectivity index (χ1n) is 6.47. The molecular formula is C11H17NO5S2. The van der Waals surface area contributed by atoms with Crippen LogP contribution in [0.25, 0.3) is 0 Å². The van der Waals surface area contributed by atoms with Crippen molar-refractivity contribution in [1.82, 2.24) is 4.13 Å². The minimum Gasteiger partial charge on any atom is -0.298 e. The number of carbonyl (C=O) groups excluding carboxylic acids is 1. The maximum absolute atomic E-state index is 12.2. The van der Waals surface area contributed by atoms with Crippen molar-refractivity contribution in [1.29, 1.82) is 0 Å². The predicted octanol–water partition coefficient (Wildman–Crippen LogP) is -0.131. The third kappa shape index (κ3) is 2.04. The Morgan fingerprint density at radius 3 is 2.32 bits per heavy atom. The Morgan fingerprint density at radius 1 is 1.05 bits per heavy atom. The van der Waals surface area contributed by atoms with Crippen molar-refractivity contribution in [3.8, 4) is 0 Å². The van der Waals surface area contributed by atoms with Crippen LogP contribution in [-0.2, 0) is 24.8 Å². The largest absolute Gasteiger partial charge is 0.298 e. The lowest BCUT2D eigenvalue weighted by molar-refractivity contribution is -0.123. The van der Waals surface area contributed by atoms with Crippen molar-refractivity contribution < 1.29 is 21.6 Å². The predicted molar refractivity (Wildman–Crippen MR) is 68.1 cm³/mol. The van der Waals surface area contributed by atoms with Crippen LogP contribution in [0.1, 0.15) is 25.7 Å². The molecule has 5 unspecified atom stereocenters. The zero-order valence-corrected chi connectivity index (χ0v) is 12.2. The smallest absolute Gasteiger partial charge is 0.234 e. The first-order chi connectivity index (χ1) is 8.71. The van der Waals surface area contributed by atoms with Gasteiger partial charge in [-0.1, -0.05) is 6.42 Å². The van der Waals surface area contributed by atoms with Crippen LogP contribution in [0.4, 0.5) is 0 Å². The van der Waals surface area contributed by atoms with Gasteiger partial charge in [-0.2, -0.15) is 0 Å². The Bertz CT molecular complexity index is 623. The Labute approximate surface area is 113 Å². The molecule has 5 atom stereocenters. The molecule has 3 aliphatic carbocycles. The van der Waals surface area contributed by atoms with Crippen molar-refractivity contribution in [3.05, 3.63) is 0 Å². The van der Waals surface area contributed by atoms with E-state index in [4.69, 9.17) is 0 Å². The lowest BCUT2D eigenvalue weighted by Crippen LogP contribution is -2.48. The van der Waals surface area contributed by atoms with Gasteiger partial charge in [0.05, 0.1) is 6.26 Å². The molecular weight excluding hydrogens is 290 g/mol. The van der Waals surface area contributed by atoms with E-state index in [9.17, 15) is 21.6 Å². The van der Waals surface area contributed by atoms with E-state index < -0.39 is 25.3 Å². The number of rotatable bonds is 3. The highest BCUT2D eigenvalue weighted by molar-refractivity contribution is 8.05. The maximum Gasteiger partial charge on any atom is 0.234 e. The first-order valence-corrected chi connectivity index (χ1v) is 9.90. The zero-order valence-electron chi connectivity index (χ0n) is 10.6. The lowest BCUT2D eigenvalue weighted by atomic mass is 9.81. The molecule has 1 N–H and O–H groups in total. The van der Waals surface area contributed by atoms with Gasteiger partial charge >= 0.3 is 0 Å². The summed E-state index contributed by atoms with van der Waals surface area (Å²) in [7, 11) is -8.00. The fourth-order valence-corrected chi connectivity index (χ4v) is 7.79. The maximum atomic E-state index is 12.2. The van der Waals surface area contributed by atoms with Crippen molar-refractivity contribution >= 4 is 25.8 Å². The number of hydrogen-bond acceptors (Lipinski definition) is 5. The Morgan fingerprint density at radius 2 is 1.68 bits per heavy atom. The van der Waals surface area contributed by atoms with E-state index in [0.717, 1.165) is 25.5 Å². The van der Waals surface area contributed by atoms with Gasteiger partial charge in [0.25, 0.3) is 0 Å². The number of nitrogens with one attached hydrogen (secondary N) is 1. The van der Waals surface area contributed by atoms with Gasteiger partial charge in [0.15, 0.2) is 5.78 Å². The van der Waals surface area contributed by atoms with Crippen LogP contribution in [-0.4, -0.2) is 34.1 Å². The Balaban J connectivity index is 1.93. The fourth-order valence-electron chi connectivity index (χ4n) is 4.43. The summed E-state index contributed by atoms with van der Waals surface area (Å²) < 4.78 is 48.2. The number of ketones is 1. The average molecular weight is 307 g/mol. The molecule has 0 spiro atoms. The first kappa shape index (κ1) is 13.5. The average Bonchev–Trinajstić information content (AvgIpc) is 2.80. The monoisotopic (exact) mass is 307 g/mol. The van der Waals surface area contributed by atoms with Gasteiger partial charge in [-0.15, -0.1) is 4.13 Å². The summed E-state index contributed by atoms with van der Waals surface area (Å²) in [6.45, 7) is 0. The second kappa shape index (κ2) is 4.02. The van der Waals surface area contributed by atoms with Gasteiger partial charge in [-0.25, -0.2) is 16.8 Å². The molecule has 0 aromatic rings. The Hall–Kier alpha value is -0.470. The molecule has 3 saturated carbocycles. The van der Waals surface area contributed by atoms with Gasteiger partial charge in [0, 0.05) is 5.92 Å². The van der Waals surface area contributed by atoms with Crippen molar-refractivity contribution in [2.24, 2.45) is 23.7 Å². The molecule has 6 nitrogen and oxygen atoms in total. The molecule has 0 aromatic heterocycles. The van der Waals surface area contributed by atoms with Crippen LogP contribution in [0.15, 0.2) is 0 Å². The molecule has 0 aliphatic heterocycles. The van der Waals surface area contributed by atoms with Gasteiger partial charge in [-0.3, -0.25) is 4.79 Å². The third-order valence-corrected chi connectivity index (χ3v) is 8.25. The van der Waals surface area contributed by atoms with E-state index in [1.165, 1.54) is 0 Å². The van der Waals surface area contributed by atoms with Gasteiger partial charge in [0.1, 0.15) is 5.25 Å². The zero-order chi connectivity index (χ0) is 14.0. The fraction of sp³-hybridized carbons (Fsp3) is 0.909.